The van der Waals surface area contributed by atoms with Crippen LogP contribution in [0.25, 0.3) is 5.57 Å². The van der Waals surface area contributed by atoms with Crippen molar-refractivity contribution in [2.24, 2.45) is 17.8 Å². The lowest BCUT2D eigenvalue weighted by atomic mass is 9.48. The average molecular weight is 494 g/mol. The number of carbonyl (C=O) groups excluding carboxylic acids is 1. The number of allylic oxidation sites excluding steroid dienone is 1. The van der Waals surface area contributed by atoms with Gasteiger partial charge < -0.3 is 14.6 Å². The van der Waals surface area contributed by atoms with Crippen LogP contribution in [0.4, 0.5) is 0 Å². The molecule has 4 heteroatoms. The van der Waals surface area contributed by atoms with E-state index in [0.717, 1.165) is 34.4 Å². The molecular weight excluding hydrogens is 464 g/mol. The van der Waals surface area contributed by atoms with Crippen LogP contribution in [0.5, 0.6) is 5.75 Å². The molecule has 0 aliphatic heterocycles. The van der Waals surface area contributed by atoms with E-state index in [0.29, 0.717) is 17.4 Å². The van der Waals surface area contributed by atoms with E-state index in [2.05, 4.69) is 34.1 Å². The normalized spacial score (nSPS) is 28.7. The number of carboxylic acids is 1. The summed E-state index contributed by atoms with van der Waals surface area (Å²) in [5.74, 6) is 2.57. The molecule has 2 aromatic rings. The Hall–Kier alpha value is -2.07. The Kier molecular flexibility index (Phi) is 5.92. The summed E-state index contributed by atoms with van der Waals surface area (Å²) in [5.41, 5.74) is 3.79. The van der Waals surface area contributed by atoms with Gasteiger partial charge in [0.05, 0.1) is 13.1 Å². The molecular formula is C28H30BrO3-. The second-order valence-corrected chi connectivity index (χ2v) is 11.1. The third-order valence-corrected chi connectivity index (χ3v) is 8.51. The van der Waals surface area contributed by atoms with Crippen molar-refractivity contribution in [3.8, 4) is 5.75 Å². The smallest absolute Gasteiger partial charge is 0.122 e. The second kappa shape index (κ2) is 8.70. The highest BCUT2D eigenvalue weighted by Crippen LogP contribution is 2.61. The fourth-order valence-electron chi connectivity index (χ4n) is 7.13. The third kappa shape index (κ3) is 4.14. The van der Waals surface area contributed by atoms with E-state index < -0.39 is 5.97 Å². The van der Waals surface area contributed by atoms with Crippen LogP contribution in [-0.2, 0) is 16.6 Å². The number of carboxylic acid groups (broad SMARTS) is 1. The van der Waals surface area contributed by atoms with Crippen molar-refractivity contribution < 1.29 is 14.6 Å². The summed E-state index contributed by atoms with van der Waals surface area (Å²) >= 11 is 3.41. The van der Waals surface area contributed by atoms with Gasteiger partial charge in [0, 0.05) is 15.6 Å². The molecule has 4 saturated carbocycles. The van der Waals surface area contributed by atoms with Gasteiger partial charge >= 0.3 is 0 Å². The molecule has 6 rings (SSSR count). The van der Waals surface area contributed by atoms with Crippen LogP contribution in [0, 0.1) is 17.8 Å². The molecule has 3 nitrogen and oxygen atoms in total. The maximum absolute atomic E-state index is 11.7. The predicted octanol–water partition coefficient (Wildman–Crippen LogP) is 5.69. The lowest BCUT2D eigenvalue weighted by molar-refractivity contribution is -0.295. The molecule has 0 saturated heterocycles. The summed E-state index contributed by atoms with van der Waals surface area (Å²) in [6, 6.07) is 14.0. The fraction of sp³-hybridized carbons (Fsp3) is 0.464. The molecule has 0 radical (unpaired) electrons. The van der Waals surface area contributed by atoms with Gasteiger partial charge in [-0.25, -0.2) is 0 Å². The van der Waals surface area contributed by atoms with E-state index in [1.54, 1.807) is 19.3 Å². The number of benzene rings is 2. The van der Waals surface area contributed by atoms with Gasteiger partial charge in [-0.1, -0.05) is 46.3 Å². The molecule has 4 aliphatic rings. The number of carbonyl (C=O) groups is 1. The number of halogens is 1. The zero-order valence-corrected chi connectivity index (χ0v) is 20.2. The first-order valence-corrected chi connectivity index (χ1v) is 12.6. The monoisotopic (exact) mass is 493 g/mol. The van der Waals surface area contributed by atoms with Crippen LogP contribution in [0.3, 0.4) is 0 Å². The number of aryl methyl sites for hydroxylation is 1. The molecule has 4 fully saturated rings. The first kappa shape index (κ1) is 21.8. The van der Waals surface area contributed by atoms with Gasteiger partial charge in [0.25, 0.3) is 0 Å². The average Bonchev–Trinajstić information content (AvgIpc) is 2.75. The van der Waals surface area contributed by atoms with E-state index in [-0.39, 0.29) is 5.57 Å². The van der Waals surface area contributed by atoms with Crippen LogP contribution in [0.15, 0.2) is 53.0 Å². The summed E-state index contributed by atoms with van der Waals surface area (Å²) in [7, 11) is 1.78. The number of methoxy groups -OCH3 is 1. The highest BCUT2D eigenvalue weighted by atomic mass is 79.9. The van der Waals surface area contributed by atoms with Gasteiger partial charge in [0.1, 0.15) is 5.75 Å². The molecule has 0 unspecified atom stereocenters. The lowest BCUT2D eigenvalue weighted by Gasteiger charge is -2.57. The van der Waals surface area contributed by atoms with Crippen LogP contribution in [0.1, 0.15) is 61.6 Å². The van der Waals surface area contributed by atoms with E-state index in [9.17, 15) is 9.90 Å². The third-order valence-electron chi connectivity index (χ3n) is 8.01. The Labute approximate surface area is 199 Å². The Morgan fingerprint density at radius 2 is 1.78 bits per heavy atom. The second-order valence-electron chi connectivity index (χ2n) is 10.2. The van der Waals surface area contributed by atoms with Gasteiger partial charge in [-0.3, -0.25) is 0 Å². The molecule has 0 spiro atoms. The summed E-state index contributed by atoms with van der Waals surface area (Å²) < 4.78 is 6.75. The largest absolute Gasteiger partial charge is 0.545 e. The van der Waals surface area contributed by atoms with Gasteiger partial charge in [0.15, 0.2) is 0 Å². The van der Waals surface area contributed by atoms with Crippen molar-refractivity contribution in [1.82, 2.24) is 0 Å². The van der Waals surface area contributed by atoms with E-state index >= 15 is 0 Å². The molecule has 0 amide bonds. The van der Waals surface area contributed by atoms with Crippen molar-refractivity contribution in [3.05, 3.63) is 69.7 Å². The van der Waals surface area contributed by atoms with Crippen LogP contribution in [-0.4, -0.2) is 13.1 Å². The molecule has 168 valence electrons. The zero-order chi connectivity index (χ0) is 22.3. The molecule has 0 aromatic heterocycles. The number of aliphatic carboxylic acids is 1. The minimum Gasteiger partial charge on any atom is -0.545 e. The first-order valence-electron chi connectivity index (χ1n) is 11.8. The number of rotatable bonds is 7. The predicted molar refractivity (Wildman–Crippen MR) is 128 cm³/mol. The summed E-state index contributed by atoms with van der Waals surface area (Å²) in [6.45, 7) is 0. The van der Waals surface area contributed by atoms with Crippen molar-refractivity contribution in [3.63, 3.8) is 0 Å². The van der Waals surface area contributed by atoms with Crippen molar-refractivity contribution in [1.29, 1.82) is 0 Å². The molecule has 4 bridgehead atoms. The molecule has 4 aliphatic carbocycles. The maximum Gasteiger partial charge on any atom is 0.122 e. The Bertz CT molecular complexity index is 1020. The molecule has 0 atom stereocenters. The lowest BCUT2D eigenvalue weighted by Crippen LogP contribution is -2.48. The van der Waals surface area contributed by atoms with E-state index in [4.69, 9.17) is 4.74 Å². The van der Waals surface area contributed by atoms with E-state index in [1.807, 2.05) is 18.2 Å². The van der Waals surface area contributed by atoms with Crippen LogP contribution >= 0.6 is 15.9 Å². The Morgan fingerprint density at radius 3 is 2.38 bits per heavy atom. The van der Waals surface area contributed by atoms with Crippen molar-refractivity contribution >= 4 is 27.5 Å². The van der Waals surface area contributed by atoms with Crippen LogP contribution in [0.2, 0.25) is 0 Å². The topological polar surface area (TPSA) is 49.4 Å². The first-order chi connectivity index (χ1) is 15.5. The van der Waals surface area contributed by atoms with Crippen molar-refractivity contribution in [2.45, 2.75) is 56.8 Å². The van der Waals surface area contributed by atoms with Gasteiger partial charge in [-0.05, 0) is 104 Å². The quantitative estimate of drug-likeness (QED) is 0.465. The van der Waals surface area contributed by atoms with Gasteiger partial charge in [0.2, 0.25) is 0 Å². The van der Waals surface area contributed by atoms with Gasteiger partial charge in [-0.15, -0.1) is 0 Å². The number of ether oxygens (including phenoxy) is 1. The van der Waals surface area contributed by atoms with E-state index in [1.165, 1.54) is 49.7 Å². The summed E-state index contributed by atoms with van der Waals surface area (Å²) in [4.78, 5) is 11.7. The number of hydrogen-bond donors (Lipinski definition) is 0. The summed E-state index contributed by atoms with van der Waals surface area (Å²) in [5, 5.41) is 11.7. The highest BCUT2D eigenvalue weighted by Gasteiger charge is 2.52. The maximum atomic E-state index is 11.7. The summed E-state index contributed by atoms with van der Waals surface area (Å²) in [6.07, 6.45) is 11.4. The van der Waals surface area contributed by atoms with Crippen molar-refractivity contribution in [2.75, 3.05) is 7.11 Å². The highest BCUT2D eigenvalue weighted by molar-refractivity contribution is 9.10. The minimum atomic E-state index is -1.14. The fourth-order valence-corrected chi connectivity index (χ4v) is 7.53. The SMILES string of the molecule is COc1cc(CC/C=C(/C(=O)[O-])c2cccc(Br)c2)ccc1C12CC3CC(CC(C3)C1)C2. The minimum absolute atomic E-state index is 0.239. The number of hydrogen-bond acceptors (Lipinski definition) is 3. The Morgan fingerprint density at radius 1 is 1.09 bits per heavy atom. The molecule has 0 N–H and O–H groups in total. The molecule has 32 heavy (non-hydrogen) atoms. The molecule has 2 aromatic carbocycles. The standard InChI is InChI=1S/C28H31BrO3/c1-32-26-13-18(4-2-7-24(27(30)31)22-5-3-6-23(29)14-22)8-9-25(26)28-15-19-10-20(16-28)12-21(11-19)17-28/h3,5-9,13-14,19-21H,2,4,10-12,15-17H2,1H3,(H,30,31)/p-1/b24-7+. The van der Waals surface area contributed by atoms with Gasteiger partial charge in [-0.2, -0.15) is 0 Å². The van der Waals surface area contributed by atoms with Crippen LogP contribution < -0.4 is 9.84 Å². The Balaban J connectivity index is 1.34. The zero-order valence-electron chi connectivity index (χ0n) is 18.6. The molecule has 0 heterocycles.